The van der Waals surface area contributed by atoms with Gasteiger partial charge in [-0.3, -0.25) is 0 Å². The summed E-state index contributed by atoms with van der Waals surface area (Å²) in [6.45, 7) is 2.85. The van der Waals surface area contributed by atoms with Crippen LogP contribution in [0.4, 0.5) is 18.9 Å². The second-order valence-electron chi connectivity index (χ2n) is 4.75. The number of nitrogens with zero attached hydrogens (tertiary/aromatic N) is 1. The molecule has 0 spiro atoms. The number of aliphatic hydroxyl groups is 1. The normalized spacial score (nSPS) is 24.6. The van der Waals surface area contributed by atoms with Crippen LogP contribution in [0.15, 0.2) is 24.3 Å². The van der Waals surface area contributed by atoms with Crippen LogP contribution in [0.5, 0.6) is 0 Å². The molecule has 1 aromatic carbocycles. The first-order chi connectivity index (χ1) is 8.43. The minimum Gasteiger partial charge on any atom is -0.394 e. The zero-order valence-corrected chi connectivity index (χ0v) is 10.1. The van der Waals surface area contributed by atoms with Crippen LogP contribution in [0.2, 0.25) is 0 Å². The summed E-state index contributed by atoms with van der Waals surface area (Å²) >= 11 is 0. The standard InChI is InChI=1S/C13H16F3NO/c1-9-6-7-17(12(9)8-18)11-4-2-10(3-5-11)13(14,15)16/h2-5,9,12,18H,6-8H2,1H3. The van der Waals surface area contributed by atoms with Crippen LogP contribution in [0.1, 0.15) is 18.9 Å². The van der Waals surface area contributed by atoms with Crippen molar-refractivity contribution in [2.75, 3.05) is 18.1 Å². The van der Waals surface area contributed by atoms with Crippen molar-refractivity contribution in [1.82, 2.24) is 0 Å². The summed E-state index contributed by atoms with van der Waals surface area (Å²) in [7, 11) is 0. The Hall–Kier alpha value is -1.23. The van der Waals surface area contributed by atoms with Gasteiger partial charge in [-0.25, -0.2) is 0 Å². The molecule has 1 aromatic rings. The maximum atomic E-state index is 12.4. The monoisotopic (exact) mass is 259 g/mol. The van der Waals surface area contributed by atoms with Gasteiger partial charge < -0.3 is 10.0 Å². The fourth-order valence-corrected chi connectivity index (χ4v) is 2.45. The lowest BCUT2D eigenvalue weighted by Gasteiger charge is -2.27. The molecule has 0 radical (unpaired) electrons. The molecule has 100 valence electrons. The zero-order valence-electron chi connectivity index (χ0n) is 10.1. The largest absolute Gasteiger partial charge is 0.416 e. The second-order valence-corrected chi connectivity index (χ2v) is 4.75. The minimum absolute atomic E-state index is 0.00161. The molecule has 1 saturated heterocycles. The second kappa shape index (κ2) is 4.80. The van der Waals surface area contributed by atoms with Gasteiger partial charge in [0.1, 0.15) is 0 Å². The highest BCUT2D eigenvalue weighted by molar-refractivity contribution is 5.50. The molecule has 0 amide bonds. The van der Waals surface area contributed by atoms with Gasteiger partial charge in [-0.15, -0.1) is 0 Å². The van der Waals surface area contributed by atoms with Gasteiger partial charge in [0.2, 0.25) is 0 Å². The van der Waals surface area contributed by atoms with Crippen LogP contribution in [-0.2, 0) is 6.18 Å². The molecule has 0 bridgehead atoms. The van der Waals surface area contributed by atoms with E-state index in [9.17, 15) is 18.3 Å². The van der Waals surface area contributed by atoms with Crippen molar-refractivity contribution in [3.63, 3.8) is 0 Å². The SMILES string of the molecule is CC1CCN(c2ccc(C(F)(F)F)cc2)C1CO. The Morgan fingerprint density at radius 2 is 1.89 bits per heavy atom. The van der Waals surface area contributed by atoms with Crippen molar-refractivity contribution >= 4 is 5.69 Å². The topological polar surface area (TPSA) is 23.5 Å². The molecule has 1 heterocycles. The van der Waals surface area contributed by atoms with Crippen molar-refractivity contribution in [1.29, 1.82) is 0 Å². The lowest BCUT2D eigenvalue weighted by Crippen LogP contribution is -2.35. The van der Waals surface area contributed by atoms with Gasteiger partial charge in [0.15, 0.2) is 0 Å². The number of alkyl halides is 3. The first kappa shape index (κ1) is 13.2. The molecule has 0 aromatic heterocycles. The summed E-state index contributed by atoms with van der Waals surface area (Å²) in [6.07, 6.45) is -3.35. The molecule has 18 heavy (non-hydrogen) atoms. The molecule has 2 atom stereocenters. The van der Waals surface area contributed by atoms with Gasteiger partial charge in [0.05, 0.1) is 18.2 Å². The fourth-order valence-electron chi connectivity index (χ4n) is 2.45. The van der Waals surface area contributed by atoms with E-state index in [2.05, 4.69) is 0 Å². The van der Waals surface area contributed by atoms with Crippen LogP contribution in [-0.4, -0.2) is 24.3 Å². The summed E-state index contributed by atoms with van der Waals surface area (Å²) < 4.78 is 37.3. The summed E-state index contributed by atoms with van der Waals surface area (Å²) in [6, 6.07) is 5.13. The van der Waals surface area contributed by atoms with Gasteiger partial charge in [0.25, 0.3) is 0 Å². The Balaban J connectivity index is 2.20. The van der Waals surface area contributed by atoms with Crippen molar-refractivity contribution in [3.8, 4) is 0 Å². The number of aliphatic hydroxyl groups excluding tert-OH is 1. The molecular weight excluding hydrogens is 243 g/mol. The first-order valence-electron chi connectivity index (χ1n) is 5.98. The molecule has 2 nitrogen and oxygen atoms in total. The van der Waals surface area contributed by atoms with E-state index in [-0.39, 0.29) is 12.6 Å². The average molecular weight is 259 g/mol. The van der Waals surface area contributed by atoms with Crippen LogP contribution < -0.4 is 4.90 Å². The zero-order chi connectivity index (χ0) is 13.3. The van der Waals surface area contributed by atoms with E-state index in [4.69, 9.17) is 0 Å². The van der Waals surface area contributed by atoms with Crippen molar-refractivity contribution < 1.29 is 18.3 Å². The number of anilines is 1. The smallest absolute Gasteiger partial charge is 0.394 e. The fraction of sp³-hybridized carbons (Fsp3) is 0.538. The van der Waals surface area contributed by atoms with Gasteiger partial charge in [-0.05, 0) is 36.6 Å². The Morgan fingerprint density at radius 1 is 1.28 bits per heavy atom. The molecule has 1 fully saturated rings. The van der Waals surface area contributed by atoms with E-state index >= 15 is 0 Å². The Morgan fingerprint density at radius 3 is 2.39 bits per heavy atom. The highest BCUT2D eigenvalue weighted by Crippen LogP contribution is 2.33. The third-order valence-electron chi connectivity index (χ3n) is 3.60. The van der Waals surface area contributed by atoms with Gasteiger partial charge in [-0.2, -0.15) is 13.2 Å². The number of hydrogen-bond donors (Lipinski definition) is 1. The van der Waals surface area contributed by atoms with Gasteiger partial charge >= 0.3 is 6.18 Å². The molecule has 1 aliphatic heterocycles. The molecule has 2 unspecified atom stereocenters. The molecule has 2 rings (SSSR count). The number of halogens is 3. The van der Waals surface area contributed by atoms with E-state index < -0.39 is 11.7 Å². The summed E-state index contributed by atoms with van der Waals surface area (Å²) in [5, 5.41) is 9.33. The highest BCUT2D eigenvalue weighted by atomic mass is 19.4. The minimum atomic E-state index is -4.30. The predicted octanol–water partition coefficient (Wildman–Crippen LogP) is 2.91. The molecule has 0 aliphatic carbocycles. The summed E-state index contributed by atoms with van der Waals surface area (Å²) in [5.74, 6) is 0.359. The predicted molar refractivity (Wildman–Crippen MR) is 63.4 cm³/mol. The molecule has 5 heteroatoms. The third kappa shape index (κ3) is 2.46. The van der Waals surface area contributed by atoms with Gasteiger partial charge in [0, 0.05) is 12.2 Å². The lowest BCUT2D eigenvalue weighted by molar-refractivity contribution is -0.137. The molecule has 1 N–H and O–H groups in total. The quantitative estimate of drug-likeness (QED) is 0.882. The molecule has 1 aliphatic rings. The average Bonchev–Trinajstić information content (AvgIpc) is 2.69. The number of benzene rings is 1. The van der Waals surface area contributed by atoms with E-state index in [0.717, 1.165) is 30.8 Å². The van der Waals surface area contributed by atoms with Gasteiger partial charge in [-0.1, -0.05) is 6.92 Å². The third-order valence-corrected chi connectivity index (χ3v) is 3.60. The lowest BCUT2D eigenvalue weighted by atomic mass is 10.0. The Labute approximate surface area is 104 Å². The van der Waals surface area contributed by atoms with Crippen molar-refractivity contribution in [3.05, 3.63) is 29.8 Å². The Bertz CT molecular complexity index is 402. The van der Waals surface area contributed by atoms with Crippen LogP contribution in [0, 0.1) is 5.92 Å². The van der Waals surface area contributed by atoms with Crippen molar-refractivity contribution in [2.45, 2.75) is 25.6 Å². The van der Waals surface area contributed by atoms with E-state index in [1.165, 1.54) is 12.1 Å². The van der Waals surface area contributed by atoms with Crippen molar-refractivity contribution in [2.24, 2.45) is 5.92 Å². The number of hydrogen-bond acceptors (Lipinski definition) is 2. The van der Waals surface area contributed by atoms with E-state index in [1.54, 1.807) is 0 Å². The highest BCUT2D eigenvalue weighted by Gasteiger charge is 2.32. The Kier molecular flexibility index (Phi) is 3.52. The summed E-state index contributed by atoms with van der Waals surface area (Å²) in [4.78, 5) is 1.98. The molecular formula is C13H16F3NO. The summed E-state index contributed by atoms with van der Waals surface area (Å²) in [5.41, 5.74) is 0.102. The van der Waals surface area contributed by atoms with E-state index in [1.807, 2.05) is 11.8 Å². The van der Waals surface area contributed by atoms with Crippen LogP contribution >= 0.6 is 0 Å². The maximum absolute atomic E-state index is 12.4. The number of rotatable bonds is 2. The molecule has 0 saturated carbocycles. The maximum Gasteiger partial charge on any atom is 0.416 e. The van der Waals surface area contributed by atoms with Crippen LogP contribution in [0.25, 0.3) is 0 Å². The van der Waals surface area contributed by atoms with E-state index in [0.29, 0.717) is 5.92 Å². The van der Waals surface area contributed by atoms with Crippen LogP contribution in [0.3, 0.4) is 0 Å². The first-order valence-corrected chi connectivity index (χ1v) is 5.98.